The largest absolute Gasteiger partial charge is 0.328 e. The van der Waals surface area contributed by atoms with Crippen molar-refractivity contribution in [1.29, 1.82) is 0 Å². The van der Waals surface area contributed by atoms with Gasteiger partial charge in [-0.1, -0.05) is 25.5 Å². The lowest BCUT2D eigenvalue weighted by Crippen LogP contribution is -2.19. The first kappa shape index (κ1) is 12.2. The van der Waals surface area contributed by atoms with Crippen LogP contribution >= 0.6 is 0 Å². The summed E-state index contributed by atoms with van der Waals surface area (Å²) in [5.41, 5.74) is 7.11. The maximum absolute atomic E-state index is 12.6. The van der Waals surface area contributed by atoms with E-state index in [-0.39, 0.29) is 5.82 Å². The number of nitrogens with two attached hydrogens (primary N) is 1. The number of hydrogen-bond donors (Lipinski definition) is 1. The van der Waals surface area contributed by atoms with Crippen molar-refractivity contribution in [2.24, 2.45) is 5.73 Å². The fourth-order valence-electron chi connectivity index (χ4n) is 1.73. The molecule has 2 N–H and O–H groups in total. The standard InChI is InChI=1S/C13H20FN/c1-2-4-13(15)6-3-5-11-7-9-12(14)10-8-11/h7-10,13H,2-6,15H2,1H3. The molecule has 1 aromatic rings. The molecule has 2 heteroatoms. The Morgan fingerprint density at radius 2 is 1.87 bits per heavy atom. The molecule has 0 aromatic heterocycles. The molecule has 0 aliphatic heterocycles. The van der Waals surface area contributed by atoms with Gasteiger partial charge in [-0.3, -0.25) is 0 Å². The van der Waals surface area contributed by atoms with Crippen molar-refractivity contribution >= 4 is 0 Å². The van der Waals surface area contributed by atoms with Crippen molar-refractivity contribution in [1.82, 2.24) is 0 Å². The molecular weight excluding hydrogens is 189 g/mol. The van der Waals surface area contributed by atoms with Crippen LogP contribution in [0.25, 0.3) is 0 Å². The molecule has 0 saturated heterocycles. The number of rotatable bonds is 6. The van der Waals surface area contributed by atoms with Crippen LogP contribution in [0.3, 0.4) is 0 Å². The molecule has 0 heterocycles. The SMILES string of the molecule is CCCC(N)CCCc1ccc(F)cc1. The van der Waals surface area contributed by atoms with Crippen LogP contribution in [-0.4, -0.2) is 6.04 Å². The molecule has 1 rings (SSSR count). The zero-order valence-electron chi connectivity index (χ0n) is 9.38. The van der Waals surface area contributed by atoms with E-state index in [4.69, 9.17) is 5.73 Å². The predicted octanol–water partition coefficient (Wildman–Crippen LogP) is 3.28. The average molecular weight is 209 g/mol. The molecule has 0 aliphatic rings. The summed E-state index contributed by atoms with van der Waals surface area (Å²) >= 11 is 0. The first-order valence-electron chi connectivity index (χ1n) is 5.72. The van der Waals surface area contributed by atoms with Crippen molar-refractivity contribution in [3.63, 3.8) is 0 Å². The van der Waals surface area contributed by atoms with Crippen LogP contribution in [0.2, 0.25) is 0 Å². The molecule has 84 valence electrons. The summed E-state index contributed by atoms with van der Waals surface area (Å²) in [4.78, 5) is 0. The maximum atomic E-state index is 12.6. The highest BCUT2D eigenvalue weighted by atomic mass is 19.1. The summed E-state index contributed by atoms with van der Waals surface area (Å²) in [6, 6.07) is 7.06. The van der Waals surface area contributed by atoms with Gasteiger partial charge in [-0.15, -0.1) is 0 Å². The van der Waals surface area contributed by atoms with Gasteiger partial charge in [0, 0.05) is 6.04 Å². The summed E-state index contributed by atoms with van der Waals surface area (Å²) in [7, 11) is 0. The Hall–Kier alpha value is -0.890. The Balaban J connectivity index is 2.22. The van der Waals surface area contributed by atoms with E-state index in [0.29, 0.717) is 6.04 Å². The zero-order chi connectivity index (χ0) is 11.1. The second-order valence-corrected chi connectivity index (χ2v) is 4.07. The second-order valence-electron chi connectivity index (χ2n) is 4.07. The third-order valence-electron chi connectivity index (χ3n) is 2.61. The molecule has 0 aliphatic carbocycles. The van der Waals surface area contributed by atoms with Crippen LogP contribution in [0, 0.1) is 5.82 Å². The molecule has 1 unspecified atom stereocenters. The number of benzene rings is 1. The highest BCUT2D eigenvalue weighted by molar-refractivity contribution is 5.15. The molecule has 0 saturated carbocycles. The third kappa shape index (κ3) is 4.93. The van der Waals surface area contributed by atoms with Crippen LogP contribution < -0.4 is 5.73 Å². The van der Waals surface area contributed by atoms with Crippen LogP contribution in [0.15, 0.2) is 24.3 Å². The molecule has 15 heavy (non-hydrogen) atoms. The number of aryl methyl sites for hydroxylation is 1. The minimum Gasteiger partial charge on any atom is -0.328 e. The predicted molar refractivity (Wildman–Crippen MR) is 62.2 cm³/mol. The summed E-state index contributed by atoms with van der Waals surface area (Å²) in [6.45, 7) is 2.15. The normalized spacial score (nSPS) is 12.7. The van der Waals surface area contributed by atoms with Gasteiger partial charge in [0.05, 0.1) is 0 Å². The Labute approximate surface area is 91.5 Å². The van der Waals surface area contributed by atoms with Gasteiger partial charge in [-0.25, -0.2) is 4.39 Å². The second kappa shape index (κ2) is 6.57. The van der Waals surface area contributed by atoms with E-state index in [9.17, 15) is 4.39 Å². The van der Waals surface area contributed by atoms with E-state index in [1.807, 2.05) is 12.1 Å². The molecule has 0 radical (unpaired) electrons. The third-order valence-corrected chi connectivity index (χ3v) is 2.61. The van der Waals surface area contributed by atoms with Crippen LogP contribution in [0.1, 0.15) is 38.2 Å². The first-order valence-corrected chi connectivity index (χ1v) is 5.72. The van der Waals surface area contributed by atoms with Gasteiger partial charge < -0.3 is 5.73 Å². The fraction of sp³-hybridized carbons (Fsp3) is 0.538. The molecule has 0 spiro atoms. The molecule has 0 amide bonds. The van der Waals surface area contributed by atoms with Crippen molar-refractivity contribution < 1.29 is 4.39 Å². The van der Waals surface area contributed by atoms with E-state index < -0.39 is 0 Å². The molecule has 0 fully saturated rings. The number of halogens is 1. The number of hydrogen-bond acceptors (Lipinski definition) is 1. The van der Waals surface area contributed by atoms with Crippen LogP contribution in [0.4, 0.5) is 4.39 Å². The highest BCUT2D eigenvalue weighted by Gasteiger charge is 2.01. The minimum atomic E-state index is -0.165. The van der Waals surface area contributed by atoms with Gasteiger partial charge in [-0.05, 0) is 43.4 Å². The summed E-state index contributed by atoms with van der Waals surface area (Å²) in [5.74, 6) is -0.165. The van der Waals surface area contributed by atoms with Crippen molar-refractivity contribution in [2.45, 2.75) is 45.1 Å². The molecular formula is C13H20FN. The Morgan fingerprint density at radius 1 is 1.20 bits per heavy atom. The van der Waals surface area contributed by atoms with Crippen molar-refractivity contribution in [3.05, 3.63) is 35.6 Å². The zero-order valence-corrected chi connectivity index (χ0v) is 9.38. The minimum absolute atomic E-state index is 0.165. The lowest BCUT2D eigenvalue weighted by molar-refractivity contribution is 0.539. The quantitative estimate of drug-likeness (QED) is 0.764. The molecule has 1 atom stereocenters. The Bertz CT molecular complexity index is 268. The topological polar surface area (TPSA) is 26.0 Å². The maximum Gasteiger partial charge on any atom is 0.123 e. The van der Waals surface area contributed by atoms with E-state index in [2.05, 4.69) is 6.92 Å². The Kier molecular flexibility index (Phi) is 5.33. The summed E-state index contributed by atoms with van der Waals surface area (Å²) < 4.78 is 12.6. The van der Waals surface area contributed by atoms with Gasteiger partial charge in [0.15, 0.2) is 0 Å². The summed E-state index contributed by atoms with van der Waals surface area (Å²) in [6.07, 6.45) is 5.40. The van der Waals surface area contributed by atoms with Crippen LogP contribution in [0.5, 0.6) is 0 Å². The van der Waals surface area contributed by atoms with Gasteiger partial charge >= 0.3 is 0 Å². The van der Waals surface area contributed by atoms with Crippen molar-refractivity contribution in [3.8, 4) is 0 Å². The summed E-state index contributed by atoms with van der Waals surface area (Å²) in [5, 5.41) is 0. The Morgan fingerprint density at radius 3 is 2.47 bits per heavy atom. The monoisotopic (exact) mass is 209 g/mol. The van der Waals surface area contributed by atoms with Crippen molar-refractivity contribution in [2.75, 3.05) is 0 Å². The fourth-order valence-corrected chi connectivity index (χ4v) is 1.73. The molecule has 0 bridgehead atoms. The van der Waals surface area contributed by atoms with E-state index in [0.717, 1.165) is 32.1 Å². The lowest BCUT2D eigenvalue weighted by atomic mass is 10.0. The molecule has 1 nitrogen and oxygen atoms in total. The van der Waals surface area contributed by atoms with Crippen LogP contribution in [-0.2, 0) is 6.42 Å². The smallest absolute Gasteiger partial charge is 0.123 e. The van der Waals surface area contributed by atoms with E-state index >= 15 is 0 Å². The highest BCUT2D eigenvalue weighted by Crippen LogP contribution is 2.09. The van der Waals surface area contributed by atoms with Gasteiger partial charge in [0.25, 0.3) is 0 Å². The van der Waals surface area contributed by atoms with Gasteiger partial charge in [-0.2, -0.15) is 0 Å². The lowest BCUT2D eigenvalue weighted by Gasteiger charge is -2.09. The van der Waals surface area contributed by atoms with E-state index in [1.165, 1.54) is 17.7 Å². The average Bonchev–Trinajstić information content (AvgIpc) is 2.21. The van der Waals surface area contributed by atoms with E-state index in [1.54, 1.807) is 0 Å². The van der Waals surface area contributed by atoms with Gasteiger partial charge in [0.1, 0.15) is 5.82 Å². The first-order chi connectivity index (χ1) is 7.22. The molecule has 1 aromatic carbocycles. The van der Waals surface area contributed by atoms with Gasteiger partial charge in [0.2, 0.25) is 0 Å².